The highest BCUT2D eigenvalue weighted by atomic mass is 16.5. The molecule has 4 rings (SSSR count). The molecule has 2 heterocycles. The van der Waals surface area contributed by atoms with Gasteiger partial charge in [0.1, 0.15) is 0 Å². The Hall–Kier alpha value is -1.85. The molecule has 0 bridgehead atoms. The third kappa shape index (κ3) is 3.44. The zero-order chi connectivity index (χ0) is 17.1. The van der Waals surface area contributed by atoms with E-state index in [1.807, 2.05) is 0 Å². The number of morpholine rings is 1. The van der Waals surface area contributed by atoms with Crippen LogP contribution in [-0.2, 0) is 24.2 Å². The Morgan fingerprint density at radius 3 is 2.92 bits per heavy atom. The summed E-state index contributed by atoms with van der Waals surface area (Å²) in [6.07, 6.45) is 5.67. The van der Waals surface area contributed by atoms with Crippen molar-refractivity contribution in [1.82, 2.24) is 15.1 Å². The minimum Gasteiger partial charge on any atom is -0.378 e. The molecule has 0 saturated carbocycles. The second kappa shape index (κ2) is 7.58. The van der Waals surface area contributed by atoms with Gasteiger partial charge in [0.25, 0.3) is 0 Å². The molecule has 25 heavy (non-hydrogen) atoms. The van der Waals surface area contributed by atoms with Gasteiger partial charge in [0.05, 0.1) is 19.4 Å². The Morgan fingerprint density at radius 1 is 1.24 bits per heavy atom. The molecule has 2 aromatic rings. The molecule has 1 aliphatic heterocycles. The van der Waals surface area contributed by atoms with Crippen LogP contribution >= 0.6 is 0 Å². The lowest BCUT2D eigenvalue weighted by Gasteiger charge is -2.31. The zero-order valence-corrected chi connectivity index (χ0v) is 15.1. The van der Waals surface area contributed by atoms with Gasteiger partial charge in [-0.1, -0.05) is 18.2 Å². The number of rotatable bonds is 5. The topological polar surface area (TPSA) is 42.3 Å². The molecule has 1 aromatic heterocycles. The van der Waals surface area contributed by atoms with Crippen molar-refractivity contribution in [2.75, 3.05) is 31.2 Å². The first-order chi connectivity index (χ1) is 12.4. The lowest BCUT2D eigenvalue weighted by Crippen LogP contribution is -2.37. The van der Waals surface area contributed by atoms with Gasteiger partial charge in [-0.3, -0.25) is 4.68 Å². The average Bonchev–Trinajstić information content (AvgIpc) is 3.11. The van der Waals surface area contributed by atoms with Crippen LogP contribution in [0.5, 0.6) is 0 Å². The Balaban J connectivity index is 1.48. The molecule has 5 nitrogen and oxygen atoms in total. The fourth-order valence-electron chi connectivity index (χ4n) is 4.11. The number of aryl methyl sites for hydroxylation is 1. The predicted octanol–water partition coefficient (Wildman–Crippen LogP) is 2.91. The summed E-state index contributed by atoms with van der Waals surface area (Å²) in [6.45, 7) is 7.63. The highest BCUT2D eigenvalue weighted by Gasteiger charge is 2.24. The van der Waals surface area contributed by atoms with Gasteiger partial charge >= 0.3 is 0 Å². The van der Waals surface area contributed by atoms with Crippen molar-refractivity contribution in [3.8, 4) is 0 Å². The Labute approximate surface area is 150 Å². The normalized spacial score (nSPS) is 20.5. The van der Waals surface area contributed by atoms with Crippen LogP contribution in [0.2, 0.25) is 0 Å². The molecule has 0 spiro atoms. The summed E-state index contributed by atoms with van der Waals surface area (Å²) in [7, 11) is 0. The molecule has 1 N–H and O–H groups in total. The largest absolute Gasteiger partial charge is 0.378 e. The standard InChI is InChI=1S/C20H28N4O/c1-2-24-20-9-5-7-18(17(20)15-22-24)21-14-16-6-3-4-8-19(16)23-10-12-25-13-11-23/h3-4,6,8,15,18,21H,2,5,7,9-14H2,1H3/t18-/m0/s1. The molecule has 2 aliphatic rings. The van der Waals surface area contributed by atoms with Gasteiger partial charge in [0, 0.05) is 49.2 Å². The SMILES string of the molecule is CCn1ncc2c1CCC[C@@H]2NCc1ccccc1N1CCOCC1. The average molecular weight is 340 g/mol. The van der Waals surface area contributed by atoms with Crippen LogP contribution in [0.3, 0.4) is 0 Å². The summed E-state index contributed by atoms with van der Waals surface area (Å²) in [5, 5.41) is 8.37. The molecule has 1 saturated heterocycles. The lowest BCUT2D eigenvalue weighted by molar-refractivity contribution is 0.122. The first kappa shape index (κ1) is 16.6. The number of anilines is 1. The van der Waals surface area contributed by atoms with Gasteiger partial charge < -0.3 is 15.0 Å². The van der Waals surface area contributed by atoms with Crippen LogP contribution in [0.25, 0.3) is 0 Å². The number of hydrogen-bond acceptors (Lipinski definition) is 4. The zero-order valence-electron chi connectivity index (χ0n) is 15.1. The van der Waals surface area contributed by atoms with Crippen LogP contribution in [-0.4, -0.2) is 36.1 Å². The maximum atomic E-state index is 5.50. The molecule has 1 aliphatic carbocycles. The fourth-order valence-corrected chi connectivity index (χ4v) is 4.11. The van der Waals surface area contributed by atoms with E-state index >= 15 is 0 Å². The number of para-hydroxylation sites is 1. The number of fused-ring (bicyclic) bond motifs is 1. The van der Waals surface area contributed by atoms with Crippen molar-refractivity contribution >= 4 is 5.69 Å². The second-order valence-corrected chi connectivity index (χ2v) is 6.92. The van der Waals surface area contributed by atoms with E-state index < -0.39 is 0 Å². The van der Waals surface area contributed by atoms with Gasteiger partial charge in [-0.25, -0.2) is 0 Å². The number of nitrogens with zero attached hydrogens (tertiary/aromatic N) is 3. The first-order valence-electron chi connectivity index (χ1n) is 9.55. The van der Waals surface area contributed by atoms with E-state index in [9.17, 15) is 0 Å². The number of ether oxygens (including phenoxy) is 1. The lowest BCUT2D eigenvalue weighted by atomic mass is 9.92. The van der Waals surface area contributed by atoms with E-state index in [2.05, 4.69) is 57.4 Å². The van der Waals surface area contributed by atoms with Gasteiger partial charge in [0.2, 0.25) is 0 Å². The van der Waals surface area contributed by atoms with E-state index in [4.69, 9.17) is 4.74 Å². The summed E-state index contributed by atoms with van der Waals surface area (Å²) in [4.78, 5) is 2.45. The number of hydrogen-bond donors (Lipinski definition) is 1. The van der Waals surface area contributed by atoms with Crippen molar-refractivity contribution in [2.24, 2.45) is 0 Å². The third-order valence-electron chi connectivity index (χ3n) is 5.44. The molecule has 5 heteroatoms. The molecule has 1 aromatic carbocycles. The van der Waals surface area contributed by atoms with E-state index in [1.165, 1.54) is 35.3 Å². The van der Waals surface area contributed by atoms with Gasteiger partial charge in [-0.15, -0.1) is 0 Å². The van der Waals surface area contributed by atoms with Crippen LogP contribution < -0.4 is 10.2 Å². The minimum absolute atomic E-state index is 0.418. The van der Waals surface area contributed by atoms with Gasteiger partial charge in [-0.2, -0.15) is 5.10 Å². The van der Waals surface area contributed by atoms with Crippen LogP contribution in [0, 0.1) is 0 Å². The summed E-state index contributed by atoms with van der Waals surface area (Å²) < 4.78 is 7.66. The molecule has 1 fully saturated rings. The molecular formula is C20H28N4O. The molecule has 134 valence electrons. The Bertz CT molecular complexity index is 705. The van der Waals surface area contributed by atoms with Crippen LogP contribution in [0.4, 0.5) is 5.69 Å². The summed E-state index contributed by atoms with van der Waals surface area (Å²) >= 11 is 0. The highest BCUT2D eigenvalue weighted by Crippen LogP contribution is 2.30. The van der Waals surface area contributed by atoms with Crippen molar-refractivity contribution in [2.45, 2.75) is 45.3 Å². The van der Waals surface area contributed by atoms with Crippen molar-refractivity contribution < 1.29 is 4.74 Å². The van der Waals surface area contributed by atoms with Crippen LogP contribution in [0.1, 0.15) is 42.6 Å². The molecule has 0 unspecified atom stereocenters. The Morgan fingerprint density at radius 2 is 2.08 bits per heavy atom. The maximum Gasteiger partial charge on any atom is 0.0642 e. The smallest absolute Gasteiger partial charge is 0.0642 e. The van der Waals surface area contributed by atoms with Crippen molar-refractivity contribution in [1.29, 1.82) is 0 Å². The van der Waals surface area contributed by atoms with Crippen molar-refractivity contribution in [3.63, 3.8) is 0 Å². The quantitative estimate of drug-likeness (QED) is 0.909. The predicted molar refractivity (Wildman–Crippen MR) is 99.9 cm³/mol. The monoisotopic (exact) mass is 340 g/mol. The maximum absolute atomic E-state index is 5.50. The van der Waals surface area contributed by atoms with Crippen molar-refractivity contribution in [3.05, 3.63) is 47.3 Å². The van der Waals surface area contributed by atoms with E-state index in [-0.39, 0.29) is 0 Å². The summed E-state index contributed by atoms with van der Waals surface area (Å²) in [5.74, 6) is 0. The van der Waals surface area contributed by atoms with Gasteiger partial charge in [0.15, 0.2) is 0 Å². The molecule has 1 atom stereocenters. The first-order valence-corrected chi connectivity index (χ1v) is 9.55. The van der Waals surface area contributed by atoms with Gasteiger partial charge in [-0.05, 0) is 37.8 Å². The fraction of sp³-hybridized carbons (Fsp3) is 0.550. The number of aromatic nitrogens is 2. The highest BCUT2D eigenvalue weighted by molar-refractivity contribution is 5.54. The van der Waals surface area contributed by atoms with Crippen LogP contribution in [0.15, 0.2) is 30.5 Å². The summed E-state index contributed by atoms with van der Waals surface area (Å²) in [6, 6.07) is 9.18. The number of nitrogens with one attached hydrogen (secondary N) is 1. The Kier molecular flexibility index (Phi) is 5.04. The summed E-state index contributed by atoms with van der Waals surface area (Å²) in [5.41, 5.74) is 5.54. The second-order valence-electron chi connectivity index (χ2n) is 6.92. The van der Waals surface area contributed by atoms with E-state index in [0.717, 1.165) is 45.8 Å². The van der Waals surface area contributed by atoms with E-state index in [1.54, 1.807) is 0 Å². The molecular weight excluding hydrogens is 312 g/mol. The van der Waals surface area contributed by atoms with E-state index in [0.29, 0.717) is 6.04 Å². The minimum atomic E-state index is 0.418. The third-order valence-corrected chi connectivity index (χ3v) is 5.44. The number of benzene rings is 1. The molecule has 0 amide bonds. The molecule has 0 radical (unpaired) electrons.